The summed E-state index contributed by atoms with van der Waals surface area (Å²) in [6.07, 6.45) is 0. The summed E-state index contributed by atoms with van der Waals surface area (Å²) in [4.78, 5) is 11.5. The quantitative estimate of drug-likeness (QED) is 0.675. The molecular formula is C9H10INOS. The van der Waals surface area contributed by atoms with E-state index in [1.807, 2.05) is 19.1 Å². The Hall–Kier alpha value is -0.230. The van der Waals surface area contributed by atoms with Crippen molar-refractivity contribution in [3.63, 3.8) is 0 Å². The van der Waals surface area contributed by atoms with E-state index in [2.05, 4.69) is 22.6 Å². The van der Waals surface area contributed by atoms with E-state index in [0.29, 0.717) is 11.3 Å². The van der Waals surface area contributed by atoms with Gasteiger partial charge in [-0.3, -0.25) is 4.79 Å². The van der Waals surface area contributed by atoms with Crippen LogP contribution in [0, 0.1) is 3.57 Å². The second-order valence-corrected chi connectivity index (χ2v) is 4.93. The minimum atomic E-state index is 0.0542. The summed E-state index contributed by atoms with van der Waals surface area (Å²) in [7, 11) is 0. The Bertz CT molecular complexity index is 327. The van der Waals surface area contributed by atoms with Crippen molar-refractivity contribution in [1.82, 2.24) is 0 Å². The maximum absolute atomic E-state index is 11.5. The van der Waals surface area contributed by atoms with Gasteiger partial charge < -0.3 is 5.73 Å². The third-order valence-corrected chi connectivity index (χ3v) is 2.95. The lowest BCUT2D eigenvalue weighted by Gasteiger charge is -2.03. The number of thioether (sulfide) groups is 1. The molecule has 0 radical (unpaired) electrons. The Morgan fingerprint density at radius 2 is 2.31 bits per heavy atom. The number of carbonyl (C=O) groups is 1. The van der Waals surface area contributed by atoms with E-state index in [9.17, 15) is 4.79 Å². The molecule has 0 bridgehead atoms. The molecule has 1 rings (SSSR count). The number of hydrogen-bond acceptors (Lipinski definition) is 3. The van der Waals surface area contributed by atoms with Gasteiger partial charge in [0.1, 0.15) is 0 Å². The molecular weight excluding hydrogens is 297 g/mol. The van der Waals surface area contributed by atoms with E-state index in [1.165, 1.54) is 11.8 Å². The lowest BCUT2D eigenvalue weighted by atomic mass is 10.2. The van der Waals surface area contributed by atoms with Crippen LogP contribution >= 0.6 is 34.4 Å². The van der Waals surface area contributed by atoms with Crippen molar-refractivity contribution >= 4 is 45.2 Å². The second-order valence-electron chi connectivity index (χ2n) is 2.45. The fraction of sp³-hybridized carbons (Fsp3) is 0.222. The number of benzene rings is 1. The number of anilines is 1. The summed E-state index contributed by atoms with van der Waals surface area (Å²) in [6, 6.07) is 5.48. The third-order valence-electron chi connectivity index (χ3n) is 1.51. The van der Waals surface area contributed by atoms with Gasteiger partial charge in [0, 0.05) is 9.26 Å². The van der Waals surface area contributed by atoms with E-state index >= 15 is 0 Å². The van der Waals surface area contributed by atoms with Gasteiger partial charge in [-0.15, -0.1) is 0 Å². The van der Waals surface area contributed by atoms with Gasteiger partial charge in [0.05, 0.1) is 5.56 Å². The molecule has 0 saturated heterocycles. The topological polar surface area (TPSA) is 43.1 Å². The number of nitrogen functional groups attached to an aromatic ring is 1. The number of rotatable bonds is 2. The van der Waals surface area contributed by atoms with Crippen molar-refractivity contribution in [2.24, 2.45) is 0 Å². The summed E-state index contributed by atoms with van der Waals surface area (Å²) in [6.45, 7) is 1.95. The number of hydrogen-bond donors (Lipinski definition) is 1. The molecule has 0 aliphatic carbocycles. The van der Waals surface area contributed by atoms with Crippen LogP contribution in [0.3, 0.4) is 0 Å². The van der Waals surface area contributed by atoms with Gasteiger partial charge in [-0.25, -0.2) is 0 Å². The monoisotopic (exact) mass is 307 g/mol. The number of nitrogens with two attached hydrogens (primary N) is 1. The lowest BCUT2D eigenvalue weighted by molar-refractivity contribution is 0.109. The van der Waals surface area contributed by atoms with Gasteiger partial charge in [0.2, 0.25) is 5.12 Å². The molecule has 0 fully saturated rings. The molecule has 0 aromatic heterocycles. The third kappa shape index (κ3) is 2.87. The molecule has 0 heterocycles. The highest BCUT2D eigenvalue weighted by Crippen LogP contribution is 2.20. The van der Waals surface area contributed by atoms with Gasteiger partial charge in [-0.05, 0) is 46.5 Å². The Kier molecular flexibility index (Phi) is 4.05. The van der Waals surface area contributed by atoms with Crippen LogP contribution in [0.4, 0.5) is 5.69 Å². The number of carbonyl (C=O) groups excluding carboxylic acids is 1. The summed E-state index contributed by atoms with van der Waals surface area (Å²) in [5, 5.41) is 0.0542. The largest absolute Gasteiger partial charge is 0.398 e. The van der Waals surface area contributed by atoms with Gasteiger partial charge in [-0.1, -0.05) is 18.7 Å². The van der Waals surface area contributed by atoms with Crippen LogP contribution in [-0.2, 0) is 0 Å². The standard InChI is InChI=1S/C9H10INOS/c1-2-13-9(12)7-5-6(10)3-4-8(7)11/h3-5H,2,11H2,1H3. The minimum absolute atomic E-state index is 0.0542. The summed E-state index contributed by atoms with van der Waals surface area (Å²) in [5.41, 5.74) is 6.87. The van der Waals surface area contributed by atoms with E-state index < -0.39 is 0 Å². The molecule has 1 aromatic carbocycles. The first-order valence-corrected chi connectivity index (χ1v) is 5.93. The average molecular weight is 307 g/mol. The Morgan fingerprint density at radius 1 is 1.62 bits per heavy atom. The molecule has 1 aromatic rings. The smallest absolute Gasteiger partial charge is 0.221 e. The molecule has 70 valence electrons. The van der Waals surface area contributed by atoms with Crippen LogP contribution in [0.1, 0.15) is 17.3 Å². The van der Waals surface area contributed by atoms with Gasteiger partial charge in [0.25, 0.3) is 0 Å². The highest BCUT2D eigenvalue weighted by atomic mass is 127. The van der Waals surface area contributed by atoms with Crippen LogP contribution in [0.5, 0.6) is 0 Å². The first-order chi connectivity index (χ1) is 6.15. The summed E-state index contributed by atoms with van der Waals surface area (Å²) < 4.78 is 1.03. The SMILES string of the molecule is CCSC(=O)c1cc(I)ccc1N. The molecule has 13 heavy (non-hydrogen) atoms. The molecule has 4 heteroatoms. The van der Waals surface area contributed by atoms with Crippen molar-refractivity contribution in [3.8, 4) is 0 Å². The fourth-order valence-corrected chi connectivity index (χ4v) is 2.00. The number of halogens is 1. The molecule has 0 aliphatic heterocycles. The molecule has 0 unspecified atom stereocenters. The molecule has 0 spiro atoms. The van der Waals surface area contributed by atoms with E-state index in [1.54, 1.807) is 6.07 Å². The zero-order valence-corrected chi connectivity index (χ0v) is 10.2. The van der Waals surface area contributed by atoms with Crippen LogP contribution in [0.2, 0.25) is 0 Å². The normalized spacial score (nSPS) is 10.0. The molecule has 0 saturated carbocycles. The average Bonchev–Trinajstić information content (AvgIpc) is 2.09. The highest BCUT2D eigenvalue weighted by molar-refractivity contribution is 14.1. The predicted octanol–water partition coefficient (Wildman–Crippen LogP) is 2.77. The van der Waals surface area contributed by atoms with Gasteiger partial charge >= 0.3 is 0 Å². The van der Waals surface area contributed by atoms with Crippen molar-refractivity contribution in [3.05, 3.63) is 27.3 Å². The molecule has 2 N–H and O–H groups in total. The zero-order valence-electron chi connectivity index (χ0n) is 7.21. The predicted molar refractivity (Wildman–Crippen MR) is 66.0 cm³/mol. The van der Waals surface area contributed by atoms with Crippen molar-refractivity contribution in [2.75, 3.05) is 11.5 Å². The van der Waals surface area contributed by atoms with Crippen LogP contribution < -0.4 is 5.73 Å². The summed E-state index contributed by atoms with van der Waals surface area (Å²) >= 11 is 3.45. The summed E-state index contributed by atoms with van der Waals surface area (Å²) in [5.74, 6) is 0.781. The molecule has 0 atom stereocenters. The van der Waals surface area contributed by atoms with Crippen LogP contribution in [0.15, 0.2) is 18.2 Å². The first-order valence-electron chi connectivity index (χ1n) is 3.87. The van der Waals surface area contributed by atoms with Crippen molar-refractivity contribution in [1.29, 1.82) is 0 Å². The zero-order chi connectivity index (χ0) is 9.84. The van der Waals surface area contributed by atoms with Crippen molar-refractivity contribution < 1.29 is 4.79 Å². The van der Waals surface area contributed by atoms with E-state index in [4.69, 9.17) is 5.73 Å². The van der Waals surface area contributed by atoms with Crippen molar-refractivity contribution in [2.45, 2.75) is 6.92 Å². The Labute approximate surface area is 95.4 Å². The van der Waals surface area contributed by atoms with Gasteiger partial charge in [0.15, 0.2) is 0 Å². The Balaban J connectivity index is 2.99. The second kappa shape index (κ2) is 4.85. The minimum Gasteiger partial charge on any atom is -0.398 e. The maximum atomic E-state index is 11.5. The Morgan fingerprint density at radius 3 is 2.92 bits per heavy atom. The highest BCUT2D eigenvalue weighted by Gasteiger charge is 2.09. The maximum Gasteiger partial charge on any atom is 0.221 e. The fourth-order valence-electron chi connectivity index (χ4n) is 0.914. The molecule has 0 amide bonds. The molecule has 2 nitrogen and oxygen atoms in total. The molecule has 0 aliphatic rings. The van der Waals surface area contributed by atoms with Crippen LogP contribution in [-0.4, -0.2) is 10.9 Å². The lowest BCUT2D eigenvalue weighted by Crippen LogP contribution is -2.00. The van der Waals surface area contributed by atoms with Crippen LogP contribution in [0.25, 0.3) is 0 Å². The first kappa shape index (κ1) is 10.8. The van der Waals surface area contributed by atoms with E-state index in [-0.39, 0.29) is 5.12 Å². The van der Waals surface area contributed by atoms with Gasteiger partial charge in [-0.2, -0.15) is 0 Å². The van der Waals surface area contributed by atoms with E-state index in [0.717, 1.165) is 9.32 Å².